The average Bonchev–Trinajstić information content (AvgIpc) is 2.59. The van der Waals surface area contributed by atoms with Gasteiger partial charge in [-0.15, -0.1) is 0 Å². The van der Waals surface area contributed by atoms with E-state index in [4.69, 9.17) is 4.74 Å². The summed E-state index contributed by atoms with van der Waals surface area (Å²) in [4.78, 5) is 23.7. The first-order chi connectivity index (χ1) is 12.2. The topological polar surface area (TPSA) is 92.8 Å². The second kappa shape index (κ2) is 8.01. The molecule has 2 rings (SSSR count). The fourth-order valence-electron chi connectivity index (χ4n) is 2.30. The van der Waals surface area contributed by atoms with Gasteiger partial charge in [0.1, 0.15) is 12.3 Å². The minimum Gasteiger partial charge on any atom is -0.497 e. The first kappa shape index (κ1) is 19.5. The predicted octanol–water partition coefficient (Wildman–Crippen LogP) is 2.30. The molecule has 0 aliphatic heterocycles. The van der Waals surface area contributed by atoms with Crippen molar-refractivity contribution in [3.8, 4) is 5.75 Å². The SMILES string of the molecule is COc1ccc(N(CC(=O)Nc2cccc(C(C)=O)c2)S(C)(=O)=O)cc1. The van der Waals surface area contributed by atoms with Crippen LogP contribution in [-0.2, 0) is 14.8 Å². The van der Waals surface area contributed by atoms with E-state index in [-0.39, 0.29) is 5.78 Å². The summed E-state index contributed by atoms with van der Waals surface area (Å²) in [6.07, 6.45) is 1.03. The number of methoxy groups -OCH3 is 1. The highest BCUT2D eigenvalue weighted by atomic mass is 32.2. The standard InChI is InChI=1S/C18H20N2O5S/c1-13(21)14-5-4-6-15(11-14)19-18(22)12-20(26(3,23)24)16-7-9-17(25-2)10-8-16/h4-11H,12H2,1-3H3,(H,19,22). The molecule has 0 fully saturated rings. The van der Waals surface area contributed by atoms with Gasteiger partial charge in [0, 0.05) is 11.3 Å². The molecule has 0 radical (unpaired) electrons. The van der Waals surface area contributed by atoms with Crippen LogP contribution in [0.2, 0.25) is 0 Å². The molecule has 138 valence electrons. The van der Waals surface area contributed by atoms with Gasteiger partial charge < -0.3 is 10.1 Å². The molecule has 0 spiro atoms. The van der Waals surface area contributed by atoms with Crippen molar-refractivity contribution in [3.05, 3.63) is 54.1 Å². The molecule has 2 aromatic rings. The maximum Gasteiger partial charge on any atom is 0.245 e. The Bertz CT molecular complexity index is 907. The summed E-state index contributed by atoms with van der Waals surface area (Å²) in [7, 11) is -2.16. The third-order valence-corrected chi connectivity index (χ3v) is 4.74. The first-order valence-corrected chi connectivity index (χ1v) is 9.58. The van der Waals surface area contributed by atoms with Crippen molar-refractivity contribution in [2.24, 2.45) is 0 Å². The summed E-state index contributed by atoms with van der Waals surface area (Å²) >= 11 is 0. The van der Waals surface area contributed by atoms with E-state index in [0.29, 0.717) is 22.7 Å². The zero-order chi connectivity index (χ0) is 19.3. The third kappa shape index (κ3) is 5.06. The van der Waals surface area contributed by atoms with Crippen LogP contribution in [0.25, 0.3) is 0 Å². The van der Waals surface area contributed by atoms with Crippen molar-refractivity contribution in [2.75, 3.05) is 29.5 Å². The minimum absolute atomic E-state index is 0.128. The molecule has 0 unspecified atom stereocenters. The Balaban J connectivity index is 2.19. The normalized spacial score (nSPS) is 10.9. The predicted molar refractivity (Wildman–Crippen MR) is 100 cm³/mol. The van der Waals surface area contributed by atoms with Crippen LogP contribution in [0.5, 0.6) is 5.75 Å². The molecule has 0 atom stereocenters. The maximum absolute atomic E-state index is 12.3. The Hall–Kier alpha value is -2.87. The molecule has 0 aromatic heterocycles. The molecule has 8 heteroatoms. The number of anilines is 2. The smallest absolute Gasteiger partial charge is 0.245 e. The Labute approximate surface area is 152 Å². The van der Waals surface area contributed by atoms with Gasteiger partial charge >= 0.3 is 0 Å². The number of rotatable bonds is 7. The monoisotopic (exact) mass is 376 g/mol. The number of amides is 1. The number of benzene rings is 2. The van der Waals surface area contributed by atoms with Crippen molar-refractivity contribution in [3.63, 3.8) is 0 Å². The molecule has 0 saturated carbocycles. The molecular formula is C18H20N2O5S. The van der Waals surface area contributed by atoms with Gasteiger partial charge in [-0.05, 0) is 43.3 Å². The number of sulfonamides is 1. The highest BCUT2D eigenvalue weighted by molar-refractivity contribution is 7.92. The van der Waals surface area contributed by atoms with Crippen LogP contribution >= 0.6 is 0 Å². The van der Waals surface area contributed by atoms with E-state index in [0.717, 1.165) is 10.6 Å². The lowest BCUT2D eigenvalue weighted by Crippen LogP contribution is -2.37. The van der Waals surface area contributed by atoms with E-state index in [1.807, 2.05) is 0 Å². The Kier molecular flexibility index (Phi) is 5.99. The number of nitrogens with zero attached hydrogens (tertiary/aromatic N) is 1. The molecule has 0 aliphatic carbocycles. The number of carbonyl (C=O) groups is 2. The quantitative estimate of drug-likeness (QED) is 0.749. The number of ketones is 1. The van der Waals surface area contributed by atoms with Crippen molar-refractivity contribution < 1.29 is 22.7 Å². The first-order valence-electron chi connectivity index (χ1n) is 7.73. The molecular weight excluding hydrogens is 356 g/mol. The molecule has 1 amide bonds. The fourth-order valence-corrected chi connectivity index (χ4v) is 3.15. The van der Waals surface area contributed by atoms with Gasteiger partial charge in [0.2, 0.25) is 15.9 Å². The van der Waals surface area contributed by atoms with Crippen LogP contribution in [0, 0.1) is 0 Å². The van der Waals surface area contributed by atoms with Gasteiger partial charge in [0.15, 0.2) is 5.78 Å². The second-order valence-electron chi connectivity index (χ2n) is 5.65. The number of hydrogen-bond acceptors (Lipinski definition) is 5. The summed E-state index contributed by atoms with van der Waals surface area (Å²) in [6.45, 7) is 1.03. The third-order valence-electron chi connectivity index (χ3n) is 3.60. The van der Waals surface area contributed by atoms with Crippen LogP contribution in [-0.4, -0.2) is 40.0 Å². The Morgan fingerprint density at radius 1 is 1.12 bits per heavy atom. The van der Waals surface area contributed by atoms with Crippen LogP contribution in [0.4, 0.5) is 11.4 Å². The average molecular weight is 376 g/mol. The zero-order valence-corrected chi connectivity index (χ0v) is 15.5. The number of hydrogen-bond donors (Lipinski definition) is 1. The maximum atomic E-state index is 12.3. The van der Waals surface area contributed by atoms with E-state index in [2.05, 4.69) is 5.32 Å². The van der Waals surface area contributed by atoms with Crippen LogP contribution in [0.15, 0.2) is 48.5 Å². The molecule has 7 nitrogen and oxygen atoms in total. The number of Topliss-reactive ketones (excluding diaryl/α,β-unsaturated/α-hetero) is 1. The van der Waals surface area contributed by atoms with Crippen LogP contribution in [0.3, 0.4) is 0 Å². The Morgan fingerprint density at radius 3 is 2.31 bits per heavy atom. The number of ether oxygens (including phenoxy) is 1. The zero-order valence-electron chi connectivity index (χ0n) is 14.7. The Morgan fingerprint density at radius 2 is 1.77 bits per heavy atom. The largest absolute Gasteiger partial charge is 0.497 e. The highest BCUT2D eigenvalue weighted by Crippen LogP contribution is 2.21. The van der Waals surface area contributed by atoms with E-state index in [1.54, 1.807) is 48.5 Å². The van der Waals surface area contributed by atoms with Gasteiger partial charge in [0.05, 0.1) is 19.1 Å². The molecule has 0 aliphatic rings. The van der Waals surface area contributed by atoms with E-state index < -0.39 is 22.5 Å². The van der Waals surface area contributed by atoms with Crippen LogP contribution in [0.1, 0.15) is 17.3 Å². The molecule has 0 saturated heterocycles. The van der Waals surface area contributed by atoms with E-state index in [9.17, 15) is 18.0 Å². The second-order valence-corrected chi connectivity index (χ2v) is 7.56. The lowest BCUT2D eigenvalue weighted by molar-refractivity contribution is -0.114. The highest BCUT2D eigenvalue weighted by Gasteiger charge is 2.21. The molecule has 2 aromatic carbocycles. The summed E-state index contributed by atoms with van der Waals surface area (Å²) in [5.41, 5.74) is 1.23. The van der Waals surface area contributed by atoms with E-state index >= 15 is 0 Å². The molecule has 1 N–H and O–H groups in total. The van der Waals surface area contributed by atoms with Crippen molar-refractivity contribution in [1.29, 1.82) is 0 Å². The molecule has 0 heterocycles. The summed E-state index contributed by atoms with van der Waals surface area (Å²) in [5, 5.41) is 2.61. The van der Waals surface area contributed by atoms with Gasteiger partial charge in [-0.25, -0.2) is 8.42 Å². The van der Waals surface area contributed by atoms with Gasteiger partial charge in [-0.2, -0.15) is 0 Å². The van der Waals surface area contributed by atoms with Crippen molar-refractivity contribution >= 4 is 33.1 Å². The summed E-state index contributed by atoms with van der Waals surface area (Å²) < 4.78 is 30.2. The van der Waals surface area contributed by atoms with Gasteiger partial charge in [0.25, 0.3) is 0 Å². The minimum atomic E-state index is -3.67. The fraction of sp³-hybridized carbons (Fsp3) is 0.222. The molecule has 0 bridgehead atoms. The van der Waals surface area contributed by atoms with E-state index in [1.165, 1.54) is 14.0 Å². The lowest BCUT2D eigenvalue weighted by Gasteiger charge is -2.22. The van der Waals surface area contributed by atoms with Gasteiger partial charge in [-0.3, -0.25) is 13.9 Å². The van der Waals surface area contributed by atoms with Crippen molar-refractivity contribution in [2.45, 2.75) is 6.92 Å². The van der Waals surface area contributed by atoms with Gasteiger partial charge in [-0.1, -0.05) is 12.1 Å². The lowest BCUT2D eigenvalue weighted by atomic mass is 10.1. The number of carbonyl (C=O) groups excluding carboxylic acids is 2. The molecule has 26 heavy (non-hydrogen) atoms. The number of nitrogens with one attached hydrogen (secondary N) is 1. The van der Waals surface area contributed by atoms with Crippen molar-refractivity contribution in [1.82, 2.24) is 0 Å². The summed E-state index contributed by atoms with van der Waals surface area (Å²) in [6, 6.07) is 12.8. The summed E-state index contributed by atoms with van der Waals surface area (Å²) in [5.74, 6) is -0.0725. The van der Waals surface area contributed by atoms with Crippen LogP contribution < -0.4 is 14.4 Å².